The van der Waals surface area contributed by atoms with E-state index in [1.165, 1.54) is 12.7 Å². The van der Waals surface area contributed by atoms with Gasteiger partial charge in [0, 0.05) is 20.2 Å². The third-order valence-electron chi connectivity index (χ3n) is 3.56. The Morgan fingerprint density at radius 2 is 2.00 bits per heavy atom. The van der Waals surface area contributed by atoms with Crippen LogP contribution in [0.3, 0.4) is 0 Å². The van der Waals surface area contributed by atoms with Crippen molar-refractivity contribution in [1.82, 2.24) is 4.31 Å². The van der Waals surface area contributed by atoms with Crippen molar-refractivity contribution in [2.45, 2.75) is 32.4 Å². The number of hydrogen-bond acceptors (Lipinski definition) is 3. The largest absolute Gasteiger partial charge is 0.381 e. The average Bonchev–Trinajstić information content (AvgIpc) is 2.60. The summed E-state index contributed by atoms with van der Waals surface area (Å²) in [6, 6.07) is 8.08. The highest BCUT2D eigenvalue weighted by atomic mass is 32.2. The number of ether oxygens (including phenoxy) is 1. The van der Waals surface area contributed by atoms with E-state index in [0.29, 0.717) is 13.1 Å². The summed E-state index contributed by atoms with van der Waals surface area (Å²) >= 11 is 0. The third kappa shape index (κ3) is 3.55. The van der Waals surface area contributed by atoms with Gasteiger partial charge in [0.2, 0.25) is 10.0 Å². The lowest BCUT2D eigenvalue weighted by molar-refractivity contribution is 0.135. The molecular weight excluding hydrogens is 262 g/mol. The Balaban J connectivity index is 2.18. The molecule has 1 aliphatic rings. The molecule has 0 spiro atoms. The molecule has 1 aliphatic heterocycles. The van der Waals surface area contributed by atoms with Crippen molar-refractivity contribution >= 4 is 10.0 Å². The van der Waals surface area contributed by atoms with Crippen LogP contribution in [0.15, 0.2) is 24.3 Å². The maximum atomic E-state index is 12.4. The fourth-order valence-electron chi connectivity index (χ4n) is 2.38. The van der Waals surface area contributed by atoms with Crippen LogP contribution in [-0.4, -0.2) is 38.2 Å². The molecule has 0 bridgehead atoms. The van der Waals surface area contributed by atoms with Gasteiger partial charge in [0.15, 0.2) is 0 Å². The fourth-order valence-corrected chi connectivity index (χ4v) is 4.06. The zero-order valence-corrected chi connectivity index (χ0v) is 12.3. The molecule has 0 saturated carbocycles. The molecule has 0 saturated heterocycles. The van der Waals surface area contributed by atoms with Crippen molar-refractivity contribution in [3.63, 3.8) is 0 Å². The van der Waals surface area contributed by atoms with E-state index in [1.807, 2.05) is 18.2 Å². The van der Waals surface area contributed by atoms with Gasteiger partial charge in [0.1, 0.15) is 0 Å². The Labute approximate surface area is 115 Å². The van der Waals surface area contributed by atoms with Crippen LogP contribution in [0, 0.1) is 0 Å². The quantitative estimate of drug-likeness (QED) is 0.846. The Bertz CT molecular complexity index is 527. The van der Waals surface area contributed by atoms with Gasteiger partial charge in [-0.05, 0) is 30.9 Å². The Hall–Kier alpha value is -0.910. The SMILES string of the molecule is COC(C)CS(=O)(=O)N1CCCc2ccccc2C1. The van der Waals surface area contributed by atoms with Gasteiger partial charge in [0.05, 0.1) is 11.9 Å². The molecule has 1 heterocycles. The van der Waals surface area contributed by atoms with Gasteiger partial charge >= 0.3 is 0 Å². The number of aryl methyl sites for hydroxylation is 1. The smallest absolute Gasteiger partial charge is 0.216 e. The van der Waals surface area contributed by atoms with E-state index < -0.39 is 10.0 Å². The number of benzene rings is 1. The van der Waals surface area contributed by atoms with Crippen molar-refractivity contribution in [2.75, 3.05) is 19.4 Å². The van der Waals surface area contributed by atoms with Crippen molar-refractivity contribution < 1.29 is 13.2 Å². The number of nitrogens with zero attached hydrogens (tertiary/aromatic N) is 1. The average molecular weight is 283 g/mol. The second kappa shape index (κ2) is 6.03. The minimum absolute atomic E-state index is 0.0473. The maximum Gasteiger partial charge on any atom is 0.216 e. The summed E-state index contributed by atoms with van der Waals surface area (Å²) in [6.45, 7) is 2.85. The van der Waals surface area contributed by atoms with Gasteiger partial charge in [-0.3, -0.25) is 0 Å². The number of rotatable bonds is 4. The second-order valence-electron chi connectivity index (χ2n) is 5.03. The van der Waals surface area contributed by atoms with Crippen molar-refractivity contribution in [2.24, 2.45) is 0 Å². The molecule has 0 aliphatic carbocycles. The molecule has 5 heteroatoms. The molecule has 0 N–H and O–H groups in total. The van der Waals surface area contributed by atoms with Crippen LogP contribution in [-0.2, 0) is 27.7 Å². The summed E-state index contributed by atoms with van der Waals surface area (Å²) in [7, 11) is -1.71. The van der Waals surface area contributed by atoms with E-state index in [-0.39, 0.29) is 11.9 Å². The summed E-state index contributed by atoms with van der Waals surface area (Å²) in [6.07, 6.45) is 1.54. The second-order valence-corrected chi connectivity index (χ2v) is 7.04. The summed E-state index contributed by atoms with van der Waals surface area (Å²) in [5.41, 5.74) is 2.38. The molecule has 0 fully saturated rings. The van der Waals surface area contributed by atoms with Crippen LogP contribution in [0.2, 0.25) is 0 Å². The lowest BCUT2D eigenvalue weighted by atomic mass is 10.0. The van der Waals surface area contributed by atoms with Crippen LogP contribution in [0.1, 0.15) is 24.5 Å². The van der Waals surface area contributed by atoms with Crippen LogP contribution in [0.4, 0.5) is 0 Å². The summed E-state index contributed by atoms with van der Waals surface area (Å²) in [5, 5.41) is 0. The topological polar surface area (TPSA) is 46.6 Å². The molecule has 4 nitrogen and oxygen atoms in total. The monoisotopic (exact) mass is 283 g/mol. The van der Waals surface area contributed by atoms with Crippen LogP contribution in [0.25, 0.3) is 0 Å². The zero-order valence-electron chi connectivity index (χ0n) is 11.5. The lowest BCUT2D eigenvalue weighted by Crippen LogP contribution is -2.36. The Morgan fingerprint density at radius 3 is 2.68 bits per heavy atom. The van der Waals surface area contributed by atoms with Gasteiger partial charge in [-0.1, -0.05) is 24.3 Å². The number of hydrogen-bond donors (Lipinski definition) is 0. The van der Waals surface area contributed by atoms with Gasteiger partial charge in [0.25, 0.3) is 0 Å². The first-order chi connectivity index (χ1) is 9.03. The summed E-state index contributed by atoms with van der Waals surface area (Å²) in [4.78, 5) is 0. The summed E-state index contributed by atoms with van der Waals surface area (Å²) in [5.74, 6) is 0.0473. The van der Waals surface area contributed by atoms with Crippen LogP contribution < -0.4 is 0 Å². The number of methoxy groups -OCH3 is 1. The van der Waals surface area contributed by atoms with Gasteiger partial charge < -0.3 is 4.74 Å². The van der Waals surface area contributed by atoms with Crippen molar-refractivity contribution in [1.29, 1.82) is 0 Å². The van der Waals surface area contributed by atoms with Crippen LogP contribution in [0.5, 0.6) is 0 Å². The highest BCUT2D eigenvalue weighted by Gasteiger charge is 2.26. The normalized spacial score (nSPS) is 18.6. The van der Waals surface area contributed by atoms with Gasteiger partial charge in [-0.25, -0.2) is 8.42 Å². The first kappa shape index (κ1) is 14.5. The highest BCUT2D eigenvalue weighted by Crippen LogP contribution is 2.21. The van der Waals surface area contributed by atoms with E-state index in [2.05, 4.69) is 6.07 Å². The third-order valence-corrected chi connectivity index (χ3v) is 5.55. The minimum Gasteiger partial charge on any atom is -0.381 e. The Kier molecular flexibility index (Phi) is 4.60. The molecule has 0 amide bonds. The van der Waals surface area contributed by atoms with Crippen LogP contribution >= 0.6 is 0 Å². The van der Waals surface area contributed by atoms with Gasteiger partial charge in [-0.15, -0.1) is 0 Å². The molecular formula is C14H21NO3S. The first-order valence-electron chi connectivity index (χ1n) is 6.60. The van der Waals surface area contributed by atoms with E-state index >= 15 is 0 Å². The lowest BCUT2D eigenvalue weighted by Gasteiger charge is -2.22. The van der Waals surface area contributed by atoms with Crippen molar-refractivity contribution in [3.8, 4) is 0 Å². The molecule has 0 radical (unpaired) electrons. The molecule has 1 atom stereocenters. The molecule has 0 aromatic heterocycles. The molecule has 1 aromatic carbocycles. The predicted molar refractivity (Wildman–Crippen MR) is 75.4 cm³/mol. The molecule has 1 aromatic rings. The number of sulfonamides is 1. The van der Waals surface area contributed by atoms with E-state index in [1.54, 1.807) is 11.2 Å². The Morgan fingerprint density at radius 1 is 1.32 bits per heavy atom. The number of fused-ring (bicyclic) bond motifs is 1. The van der Waals surface area contributed by atoms with Gasteiger partial charge in [-0.2, -0.15) is 4.31 Å². The molecule has 1 unspecified atom stereocenters. The summed E-state index contributed by atoms with van der Waals surface area (Å²) < 4.78 is 31.4. The molecule has 19 heavy (non-hydrogen) atoms. The van der Waals surface area contributed by atoms with Crippen molar-refractivity contribution in [3.05, 3.63) is 35.4 Å². The maximum absolute atomic E-state index is 12.4. The fraction of sp³-hybridized carbons (Fsp3) is 0.571. The van der Waals surface area contributed by atoms with E-state index in [9.17, 15) is 8.42 Å². The minimum atomic E-state index is -3.25. The zero-order chi connectivity index (χ0) is 13.9. The standard InChI is InChI=1S/C14H21NO3S/c1-12(18-2)11-19(16,17)15-9-5-8-13-6-3-4-7-14(13)10-15/h3-4,6-7,12H,5,8-11H2,1-2H3. The molecule has 2 rings (SSSR count). The molecule has 106 valence electrons. The first-order valence-corrected chi connectivity index (χ1v) is 8.21. The highest BCUT2D eigenvalue weighted by molar-refractivity contribution is 7.89. The van der Waals surface area contributed by atoms with E-state index in [4.69, 9.17) is 4.74 Å². The predicted octanol–water partition coefficient (Wildman–Crippen LogP) is 1.80. The van der Waals surface area contributed by atoms with E-state index in [0.717, 1.165) is 18.4 Å².